The van der Waals surface area contributed by atoms with Crippen molar-refractivity contribution in [2.75, 3.05) is 17.7 Å². The quantitative estimate of drug-likeness (QED) is 0.804. The number of hydrogen-bond acceptors (Lipinski definition) is 4. The van der Waals surface area contributed by atoms with Crippen LogP contribution in [0.2, 0.25) is 0 Å². The van der Waals surface area contributed by atoms with E-state index in [1.165, 1.54) is 18.9 Å². The summed E-state index contributed by atoms with van der Waals surface area (Å²) < 4.78 is 4.49. The van der Waals surface area contributed by atoms with E-state index < -0.39 is 6.09 Å². The molecule has 0 fully saturated rings. The van der Waals surface area contributed by atoms with Crippen LogP contribution in [0.3, 0.4) is 0 Å². The van der Waals surface area contributed by atoms with Gasteiger partial charge in [-0.15, -0.1) is 11.8 Å². The molecule has 6 heteroatoms. The van der Waals surface area contributed by atoms with E-state index >= 15 is 0 Å². The zero-order chi connectivity index (χ0) is 12.4. The summed E-state index contributed by atoms with van der Waals surface area (Å²) in [5, 5.41) is 5.24. The molecule has 0 radical (unpaired) electrons. The largest absolute Gasteiger partial charge is 0.453 e. The van der Waals surface area contributed by atoms with Gasteiger partial charge in [-0.25, -0.2) is 4.79 Å². The minimum atomic E-state index is -0.534. The second-order valence-electron chi connectivity index (χ2n) is 3.58. The smallest absolute Gasteiger partial charge is 0.411 e. The molecule has 0 saturated heterocycles. The number of rotatable bonds is 1. The summed E-state index contributed by atoms with van der Waals surface area (Å²) in [6.07, 6.45) is -0.534. The van der Waals surface area contributed by atoms with Gasteiger partial charge in [0.15, 0.2) is 0 Å². The average Bonchev–Trinajstić information content (AvgIpc) is 2.31. The standard InChI is InChI=1S/C11H12N2O3S/c1-6-10(14)13-8-5-7(12-11(15)16-2)3-4-9(8)17-6/h3-6H,1-2H3,(H,12,15)(H,13,14). The fourth-order valence-electron chi connectivity index (χ4n) is 1.46. The molecule has 17 heavy (non-hydrogen) atoms. The fourth-order valence-corrected chi connectivity index (χ4v) is 2.39. The molecule has 0 bridgehead atoms. The number of nitrogens with one attached hydrogen (secondary N) is 2. The summed E-state index contributed by atoms with van der Waals surface area (Å²) in [6.45, 7) is 1.85. The Kier molecular flexibility index (Phi) is 3.23. The monoisotopic (exact) mass is 252 g/mol. The number of carbonyl (C=O) groups is 2. The zero-order valence-electron chi connectivity index (χ0n) is 9.44. The highest BCUT2D eigenvalue weighted by atomic mass is 32.2. The number of fused-ring (bicyclic) bond motifs is 1. The van der Waals surface area contributed by atoms with Crippen LogP contribution in [0.1, 0.15) is 6.92 Å². The SMILES string of the molecule is COC(=O)Nc1ccc2c(c1)NC(=O)C(C)S2. The van der Waals surface area contributed by atoms with Crippen LogP contribution in [0.25, 0.3) is 0 Å². The van der Waals surface area contributed by atoms with Gasteiger partial charge in [0.05, 0.1) is 18.0 Å². The fraction of sp³-hybridized carbons (Fsp3) is 0.273. The lowest BCUT2D eigenvalue weighted by molar-refractivity contribution is -0.115. The van der Waals surface area contributed by atoms with Gasteiger partial charge in [0.2, 0.25) is 5.91 Å². The Morgan fingerprint density at radius 1 is 1.53 bits per heavy atom. The molecule has 0 saturated carbocycles. The van der Waals surface area contributed by atoms with Crippen LogP contribution in [-0.2, 0) is 9.53 Å². The van der Waals surface area contributed by atoms with Crippen molar-refractivity contribution in [2.45, 2.75) is 17.1 Å². The van der Waals surface area contributed by atoms with Gasteiger partial charge in [-0.3, -0.25) is 10.1 Å². The number of ether oxygens (including phenoxy) is 1. The van der Waals surface area contributed by atoms with Gasteiger partial charge in [-0.1, -0.05) is 0 Å². The third kappa shape index (κ3) is 2.52. The Balaban J connectivity index is 2.22. The molecule has 0 aromatic heterocycles. The van der Waals surface area contributed by atoms with E-state index in [-0.39, 0.29) is 11.2 Å². The van der Waals surface area contributed by atoms with Crippen LogP contribution in [0.4, 0.5) is 16.2 Å². The molecule has 1 atom stereocenters. The van der Waals surface area contributed by atoms with Crippen molar-refractivity contribution in [1.29, 1.82) is 0 Å². The van der Waals surface area contributed by atoms with Crippen LogP contribution in [-0.4, -0.2) is 24.4 Å². The minimum absolute atomic E-state index is 0.0299. The summed E-state index contributed by atoms with van der Waals surface area (Å²) in [5.74, 6) is -0.0299. The van der Waals surface area contributed by atoms with E-state index in [0.717, 1.165) is 4.90 Å². The number of thioether (sulfide) groups is 1. The van der Waals surface area contributed by atoms with Crippen molar-refractivity contribution < 1.29 is 14.3 Å². The molecule has 1 aromatic rings. The first-order chi connectivity index (χ1) is 8.10. The summed E-state index contributed by atoms with van der Waals surface area (Å²) in [7, 11) is 1.30. The number of methoxy groups -OCH3 is 1. The van der Waals surface area contributed by atoms with Crippen LogP contribution in [0.5, 0.6) is 0 Å². The normalized spacial score (nSPS) is 18.0. The van der Waals surface area contributed by atoms with E-state index in [2.05, 4.69) is 15.4 Å². The Hall–Kier alpha value is -1.69. The maximum absolute atomic E-state index is 11.5. The van der Waals surface area contributed by atoms with E-state index in [1.807, 2.05) is 13.0 Å². The molecule has 1 aromatic carbocycles. The van der Waals surface area contributed by atoms with Crippen molar-refractivity contribution in [3.63, 3.8) is 0 Å². The number of benzene rings is 1. The molecule has 1 unspecified atom stereocenters. The van der Waals surface area contributed by atoms with Crippen LogP contribution in [0.15, 0.2) is 23.1 Å². The molecule has 2 rings (SSSR count). The van der Waals surface area contributed by atoms with Crippen LogP contribution < -0.4 is 10.6 Å². The van der Waals surface area contributed by atoms with E-state index in [0.29, 0.717) is 11.4 Å². The van der Waals surface area contributed by atoms with Crippen molar-refractivity contribution in [3.8, 4) is 0 Å². The molecule has 0 spiro atoms. The topological polar surface area (TPSA) is 67.4 Å². The van der Waals surface area contributed by atoms with Crippen molar-refractivity contribution >= 4 is 35.1 Å². The Bertz CT molecular complexity index is 476. The molecule has 5 nitrogen and oxygen atoms in total. The highest BCUT2D eigenvalue weighted by Gasteiger charge is 2.23. The molecule has 1 heterocycles. The zero-order valence-corrected chi connectivity index (χ0v) is 10.3. The van der Waals surface area contributed by atoms with Gasteiger partial charge in [-0.2, -0.15) is 0 Å². The predicted molar refractivity (Wildman–Crippen MR) is 66.4 cm³/mol. The van der Waals surface area contributed by atoms with E-state index in [9.17, 15) is 9.59 Å². The second kappa shape index (κ2) is 4.67. The summed E-state index contributed by atoms with van der Waals surface area (Å²) in [5.41, 5.74) is 1.30. The molecular weight excluding hydrogens is 240 g/mol. The van der Waals surface area contributed by atoms with Gasteiger partial charge in [0.1, 0.15) is 0 Å². The first-order valence-electron chi connectivity index (χ1n) is 5.06. The Morgan fingerprint density at radius 2 is 2.29 bits per heavy atom. The predicted octanol–water partition coefficient (Wildman–Crippen LogP) is 2.30. The first-order valence-corrected chi connectivity index (χ1v) is 5.94. The minimum Gasteiger partial charge on any atom is -0.453 e. The van der Waals surface area contributed by atoms with Gasteiger partial charge >= 0.3 is 6.09 Å². The first kappa shape index (κ1) is 11.8. The second-order valence-corrected chi connectivity index (χ2v) is 4.96. The van der Waals surface area contributed by atoms with Crippen LogP contribution in [0, 0.1) is 0 Å². The molecular formula is C11H12N2O3S. The highest BCUT2D eigenvalue weighted by molar-refractivity contribution is 8.00. The van der Waals surface area contributed by atoms with Gasteiger partial charge in [0, 0.05) is 10.6 Å². The van der Waals surface area contributed by atoms with Crippen molar-refractivity contribution in [1.82, 2.24) is 0 Å². The maximum atomic E-state index is 11.5. The van der Waals surface area contributed by atoms with E-state index in [4.69, 9.17) is 0 Å². The molecule has 1 aliphatic rings. The number of anilines is 2. The van der Waals surface area contributed by atoms with Gasteiger partial charge in [0.25, 0.3) is 0 Å². The van der Waals surface area contributed by atoms with Gasteiger partial charge in [-0.05, 0) is 25.1 Å². The highest BCUT2D eigenvalue weighted by Crippen LogP contribution is 2.36. The van der Waals surface area contributed by atoms with Gasteiger partial charge < -0.3 is 10.1 Å². The molecule has 0 aliphatic carbocycles. The lowest BCUT2D eigenvalue weighted by Gasteiger charge is -2.21. The third-order valence-electron chi connectivity index (χ3n) is 2.34. The lowest BCUT2D eigenvalue weighted by Crippen LogP contribution is -2.26. The van der Waals surface area contributed by atoms with Crippen molar-refractivity contribution in [2.24, 2.45) is 0 Å². The average molecular weight is 252 g/mol. The molecule has 2 amide bonds. The Labute approximate surface area is 103 Å². The molecule has 1 aliphatic heterocycles. The maximum Gasteiger partial charge on any atom is 0.411 e. The summed E-state index contributed by atoms with van der Waals surface area (Å²) in [4.78, 5) is 23.5. The number of carbonyl (C=O) groups excluding carboxylic acids is 2. The number of amides is 2. The van der Waals surface area contributed by atoms with Crippen molar-refractivity contribution in [3.05, 3.63) is 18.2 Å². The third-order valence-corrected chi connectivity index (χ3v) is 3.52. The molecule has 90 valence electrons. The summed E-state index contributed by atoms with van der Waals surface area (Å²) >= 11 is 1.50. The van der Waals surface area contributed by atoms with E-state index in [1.54, 1.807) is 12.1 Å². The van der Waals surface area contributed by atoms with Crippen LogP contribution >= 0.6 is 11.8 Å². The molecule has 2 N–H and O–H groups in total. The summed E-state index contributed by atoms with van der Waals surface area (Å²) in [6, 6.07) is 5.34. The lowest BCUT2D eigenvalue weighted by atomic mass is 10.2. The number of hydrogen-bond donors (Lipinski definition) is 2. The Morgan fingerprint density at radius 3 is 3.00 bits per heavy atom.